The van der Waals surface area contributed by atoms with Crippen molar-refractivity contribution in [3.05, 3.63) is 71.3 Å². The molecule has 2 aromatic carbocycles. The largest absolute Gasteiger partial charge is 0.294 e. The smallest absolute Gasteiger partial charge is 0.166 e. The van der Waals surface area contributed by atoms with Crippen LogP contribution in [0.4, 0.5) is 0 Å². The first-order chi connectivity index (χ1) is 9.29. The molecule has 1 heteroatoms. The van der Waals surface area contributed by atoms with Gasteiger partial charge in [-0.15, -0.1) is 0 Å². The Morgan fingerprint density at radius 2 is 1.74 bits per heavy atom. The topological polar surface area (TPSA) is 17.1 Å². The molecule has 0 saturated heterocycles. The first-order valence-corrected chi connectivity index (χ1v) is 6.97. The number of ketones is 1. The van der Waals surface area contributed by atoms with Gasteiger partial charge in [-0.1, -0.05) is 61.5 Å². The Bertz CT molecular complexity index is 568. The first-order valence-electron chi connectivity index (χ1n) is 6.97. The highest BCUT2D eigenvalue weighted by Crippen LogP contribution is 2.49. The molecule has 19 heavy (non-hydrogen) atoms. The summed E-state index contributed by atoms with van der Waals surface area (Å²) in [6.45, 7) is 2.16. The van der Waals surface area contributed by atoms with Crippen LogP contribution in [0.15, 0.2) is 54.6 Å². The molecular formula is C18H18O. The average molecular weight is 250 g/mol. The molecule has 1 nitrogen and oxygen atoms in total. The minimum atomic E-state index is 0.190. The maximum Gasteiger partial charge on any atom is 0.166 e. The third-order valence-corrected chi connectivity index (χ3v) is 4.00. The van der Waals surface area contributed by atoms with Gasteiger partial charge in [-0.25, -0.2) is 0 Å². The zero-order valence-corrected chi connectivity index (χ0v) is 11.2. The zero-order chi connectivity index (χ0) is 13.2. The van der Waals surface area contributed by atoms with E-state index in [9.17, 15) is 4.79 Å². The van der Waals surface area contributed by atoms with Crippen molar-refractivity contribution in [3.8, 4) is 0 Å². The Morgan fingerprint density at radius 3 is 2.37 bits per heavy atom. The summed E-state index contributed by atoms with van der Waals surface area (Å²) in [5, 5.41) is 0. The van der Waals surface area contributed by atoms with Crippen LogP contribution in [0, 0.1) is 5.92 Å². The number of rotatable bonds is 4. The lowest BCUT2D eigenvalue weighted by molar-refractivity contribution is 0.0965. The van der Waals surface area contributed by atoms with Crippen LogP contribution < -0.4 is 0 Å². The van der Waals surface area contributed by atoms with Crippen molar-refractivity contribution in [2.75, 3.05) is 0 Å². The van der Waals surface area contributed by atoms with Gasteiger partial charge in [0.2, 0.25) is 0 Å². The number of hydrogen-bond acceptors (Lipinski definition) is 1. The molecule has 0 N–H and O–H groups in total. The van der Waals surface area contributed by atoms with Gasteiger partial charge >= 0.3 is 0 Å². The monoisotopic (exact) mass is 250 g/mol. The molecule has 0 aliphatic heterocycles. The van der Waals surface area contributed by atoms with Crippen molar-refractivity contribution in [2.24, 2.45) is 5.92 Å². The molecule has 0 spiro atoms. The molecule has 0 amide bonds. The molecule has 0 bridgehead atoms. The predicted molar refractivity (Wildman–Crippen MR) is 77.4 cm³/mol. The maximum absolute atomic E-state index is 12.3. The summed E-state index contributed by atoms with van der Waals surface area (Å²) in [4.78, 5) is 12.3. The van der Waals surface area contributed by atoms with E-state index in [1.165, 1.54) is 11.1 Å². The normalized spacial score (nSPS) is 21.1. The molecule has 1 saturated carbocycles. The third-order valence-electron chi connectivity index (χ3n) is 4.00. The van der Waals surface area contributed by atoms with Crippen LogP contribution >= 0.6 is 0 Å². The van der Waals surface area contributed by atoms with Crippen LogP contribution in [0.3, 0.4) is 0 Å². The average Bonchev–Trinajstić information content (AvgIpc) is 3.28. The van der Waals surface area contributed by atoms with Crippen LogP contribution in [0.1, 0.15) is 40.7 Å². The van der Waals surface area contributed by atoms with Gasteiger partial charge < -0.3 is 0 Å². The van der Waals surface area contributed by atoms with E-state index >= 15 is 0 Å². The minimum absolute atomic E-state index is 0.190. The molecule has 96 valence electrons. The Morgan fingerprint density at radius 1 is 1.05 bits per heavy atom. The summed E-state index contributed by atoms with van der Waals surface area (Å²) >= 11 is 0. The van der Waals surface area contributed by atoms with Crippen LogP contribution in [0.2, 0.25) is 0 Å². The first kappa shape index (κ1) is 12.2. The van der Waals surface area contributed by atoms with Gasteiger partial charge in [0.1, 0.15) is 0 Å². The van der Waals surface area contributed by atoms with E-state index in [4.69, 9.17) is 0 Å². The molecule has 0 radical (unpaired) electrons. The van der Waals surface area contributed by atoms with Crippen LogP contribution in [0.5, 0.6) is 0 Å². The number of Topliss-reactive ketones (excluding diaryl/α,β-unsaturated/α-hetero) is 1. The molecule has 2 atom stereocenters. The van der Waals surface area contributed by atoms with Gasteiger partial charge in [0, 0.05) is 11.5 Å². The van der Waals surface area contributed by atoms with Gasteiger partial charge in [-0.05, 0) is 29.9 Å². The summed E-state index contributed by atoms with van der Waals surface area (Å²) in [6, 6.07) is 18.4. The number of aryl methyl sites for hydroxylation is 1. The fraction of sp³-hybridized carbons (Fsp3) is 0.278. The summed E-state index contributed by atoms with van der Waals surface area (Å²) < 4.78 is 0. The lowest BCUT2D eigenvalue weighted by Crippen LogP contribution is -2.02. The van der Waals surface area contributed by atoms with Crippen LogP contribution in [-0.2, 0) is 6.42 Å². The van der Waals surface area contributed by atoms with Crippen molar-refractivity contribution in [1.29, 1.82) is 0 Å². The third kappa shape index (κ3) is 2.46. The second-order valence-electron chi connectivity index (χ2n) is 5.27. The van der Waals surface area contributed by atoms with Crippen molar-refractivity contribution in [1.82, 2.24) is 0 Å². The second-order valence-corrected chi connectivity index (χ2v) is 5.27. The van der Waals surface area contributed by atoms with Gasteiger partial charge in [0.25, 0.3) is 0 Å². The molecule has 2 aromatic rings. The standard InChI is InChI=1S/C18H18O/c1-2-13-8-10-14(11-9-13)16-12-17(16)18(19)15-6-4-3-5-7-15/h3-11,16-17H,2,12H2,1H3. The van der Waals surface area contributed by atoms with E-state index in [2.05, 4.69) is 31.2 Å². The zero-order valence-electron chi connectivity index (χ0n) is 11.2. The summed E-state index contributed by atoms with van der Waals surface area (Å²) in [7, 11) is 0. The van der Waals surface area contributed by atoms with Crippen molar-refractivity contribution < 1.29 is 4.79 Å². The SMILES string of the molecule is CCc1ccc(C2CC2C(=O)c2ccccc2)cc1. The highest BCUT2D eigenvalue weighted by molar-refractivity contribution is 6.00. The van der Waals surface area contributed by atoms with Crippen LogP contribution in [0.25, 0.3) is 0 Å². The minimum Gasteiger partial charge on any atom is -0.294 e. The molecule has 2 unspecified atom stereocenters. The molecule has 3 rings (SSSR count). The molecule has 1 aliphatic rings. The van der Waals surface area contributed by atoms with Gasteiger partial charge in [0.15, 0.2) is 5.78 Å². The summed E-state index contributed by atoms with van der Waals surface area (Å²) in [5.41, 5.74) is 3.52. The highest BCUT2D eigenvalue weighted by Gasteiger charge is 2.43. The lowest BCUT2D eigenvalue weighted by atomic mass is 10.0. The maximum atomic E-state index is 12.3. The van der Waals surface area contributed by atoms with Crippen molar-refractivity contribution in [2.45, 2.75) is 25.7 Å². The second kappa shape index (κ2) is 5.00. The number of carbonyl (C=O) groups excluding carboxylic acids is 1. The van der Waals surface area contributed by atoms with E-state index in [1.54, 1.807) is 0 Å². The van der Waals surface area contributed by atoms with E-state index in [0.717, 1.165) is 18.4 Å². The molecule has 0 aromatic heterocycles. The highest BCUT2D eigenvalue weighted by atomic mass is 16.1. The lowest BCUT2D eigenvalue weighted by Gasteiger charge is -2.02. The Balaban J connectivity index is 1.72. The fourth-order valence-electron chi connectivity index (χ4n) is 2.67. The van der Waals surface area contributed by atoms with Crippen molar-refractivity contribution in [3.63, 3.8) is 0 Å². The fourth-order valence-corrected chi connectivity index (χ4v) is 2.67. The molecular weight excluding hydrogens is 232 g/mol. The van der Waals surface area contributed by atoms with Gasteiger partial charge in [-0.2, -0.15) is 0 Å². The molecule has 0 heterocycles. The Kier molecular flexibility index (Phi) is 3.20. The van der Waals surface area contributed by atoms with Gasteiger partial charge in [-0.3, -0.25) is 4.79 Å². The Hall–Kier alpha value is -1.89. The van der Waals surface area contributed by atoms with E-state index in [0.29, 0.717) is 11.7 Å². The summed E-state index contributed by atoms with van der Waals surface area (Å²) in [6.07, 6.45) is 2.07. The van der Waals surface area contributed by atoms with Crippen LogP contribution in [-0.4, -0.2) is 5.78 Å². The van der Waals surface area contributed by atoms with E-state index in [-0.39, 0.29) is 5.92 Å². The Labute approximate surface area is 114 Å². The van der Waals surface area contributed by atoms with Gasteiger partial charge in [0.05, 0.1) is 0 Å². The van der Waals surface area contributed by atoms with E-state index in [1.807, 2.05) is 30.3 Å². The predicted octanol–water partition coefficient (Wildman–Crippen LogP) is 4.24. The number of benzene rings is 2. The molecule has 1 fully saturated rings. The summed E-state index contributed by atoms with van der Waals surface area (Å²) in [5.74, 6) is 0.915. The number of hydrogen-bond donors (Lipinski definition) is 0. The molecule has 1 aliphatic carbocycles. The van der Waals surface area contributed by atoms with Crippen molar-refractivity contribution >= 4 is 5.78 Å². The number of carbonyl (C=O) groups is 1. The quantitative estimate of drug-likeness (QED) is 0.742. The van der Waals surface area contributed by atoms with E-state index < -0.39 is 0 Å².